The second-order valence-electron chi connectivity index (χ2n) is 17.5. The first kappa shape index (κ1) is 39.8. The highest BCUT2D eigenvalue weighted by molar-refractivity contribution is 6.15. The summed E-state index contributed by atoms with van der Waals surface area (Å²) in [5, 5.41) is 9.47. The minimum Gasteiger partial charge on any atom is -0.456 e. The Morgan fingerprint density at radius 3 is 1.65 bits per heavy atom. The summed E-state index contributed by atoms with van der Waals surface area (Å²) in [6.45, 7) is 4.61. The third kappa shape index (κ3) is 7.86. The smallest absolute Gasteiger partial charge is 0.137 e. The summed E-state index contributed by atoms with van der Waals surface area (Å²) in [7, 11) is 0. The van der Waals surface area contributed by atoms with Gasteiger partial charge in [0, 0.05) is 50.4 Å². The lowest BCUT2D eigenvalue weighted by molar-refractivity contribution is 0.491. The highest BCUT2D eigenvalue weighted by Gasteiger charge is 2.22. The van der Waals surface area contributed by atoms with Crippen molar-refractivity contribution in [1.82, 2.24) is 0 Å². The largest absolute Gasteiger partial charge is 0.456 e. The molecule has 0 radical (unpaired) electrons. The molecule has 0 saturated carbocycles. The van der Waals surface area contributed by atoms with Crippen LogP contribution in [0.1, 0.15) is 102 Å². The van der Waals surface area contributed by atoms with Gasteiger partial charge in [-0.05, 0) is 106 Å². The summed E-state index contributed by atoms with van der Waals surface area (Å²) < 4.78 is 13.4. The molecule has 0 aliphatic heterocycles. The van der Waals surface area contributed by atoms with Gasteiger partial charge in [-0.25, -0.2) is 0 Å². The summed E-state index contributed by atoms with van der Waals surface area (Å²) in [5.74, 6) is 0.585. The Labute approximate surface area is 366 Å². The lowest BCUT2D eigenvalue weighted by atomic mass is 9.87. The molecule has 3 nitrogen and oxygen atoms in total. The van der Waals surface area contributed by atoms with Crippen LogP contribution < -0.4 is 4.90 Å². The summed E-state index contributed by atoms with van der Waals surface area (Å²) in [4.78, 5) is 2.39. The average molecular weight is 812 g/mol. The first-order chi connectivity index (χ1) is 30.7. The minimum atomic E-state index is 0.585. The van der Waals surface area contributed by atoms with Crippen molar-refractivity contribution < 1.29 is 8.83 Å². The third-order valence-corrected chi connectivity index (χ3v) is 13.3. The first-order valence-electron chi connectivity index (χ1n) is 23.4. The average Bonchev–Trinajstić information content (AvgIpc) is 3.88. The molecule has 0 spiro atoms. The Morgan fingerprint density at radius 1 is 0.387 bits per heavy atom. The molecule has 0 N–H and O–H groups in total. The Hall–Kier alpha value is -6.32. The van der Waals surface area contributed by atoms with Gasteiger partial charge in [0.15, 0.2) is 0 Å². The van der Waals surface area contributed by atoms with Crippen LogP contribution in [-0.2, 0) is 0 Å². The van der Waals surface area contributed by atoms with Gasteiger partial charge in [0.2, 0.25) is 0 Å². The molecule has 3 heteroatoms. The highest BCUT2D eigenvalue weighted by Crippen LogP contribution is 2.45. The van der Waals surface area contributed by atoms with Crippen molar-refractivity contribution in [2.75, 3.05) is 4.90 Å². The van der Waals surface area contributed by atoms with Gasteiger partial charge in [-0.1, -0.05) is 169 Å². The summed E-state index contributed by atoms with van der Waals surface area (Å²) in [5.41, 5.74) is 10.6. The lowest BCUT2D eigenvalue weighted by Crippen LogP contribution is -2.10. The predicted octanol–water partition coefficient (Wildman–Crippen LogP) is 18.7. The number of rotatable bonds is 17. The van der Waals surface area contributed by atoms with Crippen LogP contribution in [0.25, 0.3) is 76.5 Å². The third-order valence-electron chi connectivity index (χ3n) is 13.3. The van der Waals surface area contributed by atoms with Crippen LogP contribution in [0.3, 0.4) is 0 Å². The van der Waals surface area contributed by atoms with Crippen LogP contribution in [0.4, 0.5) is 17.1 Å². The molecule has 0 saturated heterocycles. The van der Waals surface area contributed by atoms with Crippen LogP contribution in [0, 0.1) is 0 Å². The zero-order chi connectivity index (χ0) is 41.8. The number of unbranched alkanes of at least 4 members (excludes halogenated alkanes) is 8. The number of benzene rings is 8. The molecule has 0 amide bonds. The van der Waals surface area contributed by atoms with Crippen molar-refractivity contribution in [3.05, 3.63) is 163 Å². The first-order valence-corrected chi connectivity index (χ1v) is 23.4. The van der Waals surface area contributed by atoms with E-state index < -0.39 is 0 Å². The lowest BCUT2D eigenvalue weighted by Gasteiger charge is -2.27. The minimum absolute atomic E-state index is 0.585. The molecule has 62 heavy (non-hydrogen) atoms. The molecule has 2 heterocycles. The van der Waals surface area contributed by atoms with Crippen molar-refractivity contribution in [2.45, 2.75) is 96.8 Å². The van der Waals surface area contributed by atoms with E-state index >= 15 is 0 Å². The molecule has 310 valence electrons. The van der Waals surface area contributed by atoms with Gasteiger partial charge in [0.05, 0.1) is 5.69 Å². The fourth-order valence-electron chi connectivity index (χ4n) is 10.0. The van der Waals surface area contributed by atoms with E-state index in [-0.39, 0.29) is 0 Å². The summed E-state index contributed by atoms with van der Waals surface area (Å²) >= 11 is 0. The van der Waals surface area contributed by atoms with Gasteiger partial charge in [-0.15, -0.1) is 0 Å². The van der Waals surface area contributed by atoms with Crippen molar-refractivity contribution in [2.24, 2.45) is 0 Å². The number of fused-ring (bicyclic) bond motifs is 9. The summed E-state index contributed by atoms with van der Waals surface area (Å²) in [6.07, 6.45) is 15.8. The van der Waals surface area contributed by atoms with E-state index in [4.69, 9.17) is 8.83 Å². The van der Waals surface area contributed by atoms with Crippen molar-refractivity contribution in [3.8, 4) is 11.1 Å². The van der Waals surface area contributed by atoms with Gasteiger partial charge < -0.3 is 13.7 Å². The Bertz CT molecular complexity index is 3130. The zero-order valence-electron chi connectivity index (χ0n) is 36.3. The van der Waals surface area contributed by atoms with Crippen molar-refractivity contribution in [1.29, 1.82) is 0 Å². The maximum absolute atomic E-state index is 6.77. The molecule has 10 aromatic rings. The predicted molar refractivity (Wildman–Crippen MR) is 266 cm³/mol. The monoisotopic (exact) mass is 811 g/mol. The molecule has 0 aliphatic rings. The van der Waals surface area contributed by atoms with Crippen LogP contribution in [0.2, 0.25) is 0 Å². The SMILES string of the molecule is CCCCCCCCC(CCCCCC)c1ccc2oc3cc(N(c4ccc5c(c4)oc4ccc(-c6ccccc6)cc45)c4cc5ccccc5c5ccccc45)ccc3c2c1. The topological polar surface area (TPSA) is 29.5 Å². The van der Waals surface area contributed by atoms with Crippen LogP contribution in [-0.4, -0.2) is 0 Å². The maximum atomic E-state index is 6.77. The molecule has 0 fully saturated rings. The Balaban J connectivity index is 1.07. The zero-order valence-corrected chi connectivity index (χ0v) is 36.3. The number of furan rings is 2. The van der Waals surface area contributed by atoms with Gasteiger partial charge >= 0.3 is 0 Å². The Kier molecular flexibility index (Phi) is 11.5. The fraction of sp³-hybridized carbons (Fsp3) is 0.254. The number of anilines is 3. The number of nitrogens with zero attached hydrogens (tertiary/aromatic N) is 1. The van der Waals surface area contributed by atoms with E-state index in [1.54, 1.807) is 0 Å². The second-order valence-corrected chi connectivity index (χ2v) is 17.5. The van der Waals surface area contributed by atoms with E-state index in [2.05, 4.69) is 176 Å². The van der Waals surface area contributed by atoms with Crippen LogP contribution in [0.15, 0.2) is 167 Å². The molecule has 8 aromatic carbocycles. The number of hydrogen-bond acceptors (Lipinski definition) is 3. The van der Waals surface area contributed by atoms with E-state index in [9.17, 15) is 0 Å². The Morgan fingerprint density at radius 2 is 0.952 bits per heavy atom. The maximum Gasteiger partial charge on any atom is 0.137 e. The highest BCUT2D eigenvalue weighted by atomic mass is 16.3. The molecule has 10 rings (SSSR count). The molecular formula is C59H57NO2. The molecule has 0 bridgehead atoms. The molecule has 2 aromatic heterocycles. The fourth-order valence-corrected chi connectivity index (χ4v) is 10.0. The van der Waals surface area contributed by atoms with E-state index in [0.717, 1.165) is 50.2 Å². The van der Waals surface area contributed by atoms with Gasteiger partial charge in [-0.3, -0.25) is 0 Å². The molecule has 1 atom stereocenters. The molecule has 0 aliphatic carbocycles. The van der Waals surface area contributed by atoms with Crippen LogP contribution >= 0.6 is 0 Å². The van der Waals surface area contributed by atoms with Crippen molar-refractivity contribution in [3.63, 3.8) is 0 Å². The molecule has 1 unspecified atom stereocenters. The van der Waals surface area contributed by atoms with E-state index in [0.29, 0.717) is 5.92 Å². The molecular weight excluding hydrogens is 755 g/mol. The van der Waals surface area contributed by atoms with Gasteiger partial charge in [-0.2, -0.15) is 0 Å². The van der Waals surface area contributed by atoms with E-state index in [1.165, 1.54) is 126 Å². The normalized spacial score (nSPS) is 12.4. The van der Waals surface area contributed by atoms with Crippen molar-refractivity contribution >= 4 is 82.5 Å². The number of hydrogen-bond donors (Lipinski definition) is 0. The van der Waals surface area contributed by atoms with Gasteiger partial charge in [0.25, 0.3) is 0 Å². The van der Waals surface area contributed by atoms with Gasteiger partial charge in [0.1, 0.15) is 22.3 Å². The quantitative estimate of drug-likeness (QED) is 0.0678. The van der Waals surface area contributed by atoms with E-state index in [1.807, 2.05) is 0 Å². The summed E-state index contributed by atoms with van der Waals surface area (Å²) in [6, 6.07) is 57.5. The second kappa shape index (κ2) is 18.0. The standard InChI is InChI=1S/C59H57NO2/c1-3-5-7-9-10-13-21-41(20-12-8-6-4-2)43-28-34-56-53(36-43)51-32-30-46(39-58(51)61-56)60(55-38-45-24-16-17-25-48(45)49-26-18-19-27-50(49)55)47-31-33-52-54-37-44(42-22-14-11-15-23-42)29-35-57(54)62-59(52)40-47/h11,14-19,22-41H,3-10,12-13,20-21H2,1-2H3. The van der Waals surface area contributed by atoms with Crippen LogP contribution in [0.5, 0.6) is 0 Å².